The quantitative estimate of drug-likeness (QED) is 0.739. The van der Waals surface area contributed by atoms with E-state index in [0.29, 0.717) is 6.79 Å². The molecule has 0 N–H and O–H groups in total. The normalized spacial score (nSPS) is 18.0. The third-order valence-electron chi connectivity index (χ3n) is 5.14. The first kappa shape index (κ1) is 18.3. The Morgan fingerprint density at radius 2 is 1.96 bits per heavy atom. The van der Waals surface area contributed by atoms with Crippen LogP contribution in [0.2, 0.25) is 0 Å². The van der Waals surface area contributed by atoms with Gasteiger partial charge in [-0.1, -0.05) is 6.07 Å². The third-order valence-corrected chi connectivity index (χ3v) is 5.92. The minimum absolute atomic E-state index is 0.118. The monoisotopic (exact) mass is 434 g/mol. The minimum atomic E-state index is -0.296. The van der Waals surface area contributed by atoms with Crippen molar-refractivity contribution in [2.75, 3.05) is 33.0 Å². The van der Waals surface area contributed by atoms with Gasteiger partial charge in [-0.25, -0.2) is 0 Å². The van der Waals surface area contributed by atoms with Crippen LogP contribution in [0.25, 0.3) is 0 Å². The molecule has 0 saturated carbocycles. The van der Waals surface area contributed by atoms with E-state index in [0.717, 1.165) is 54.4 Å². The average Bonchev–Trinajstić information content (AvgIpc) is 3.27. The average molecular weight is 435 g/mol. The number of carbonyl (C=O) groups is 1. The smallest absolute Gasteiger partial charge is 0.247 e. The highest BCUT2D eigenvalue weighted by atomic mass is 79.9. The zero-order chi connectivity index (χ0) is 19.0. The second-order valence-corrected chi connectivity index (χ2v) is 7.86. The molecule has 27 heavy (non-hydrogen) atoms. The number of benzene rings is 1. The lowest BCUT2D eigenvalue weighted by molar-refractivity contribution is -0.136. The summed E-state index contributed by atoms with van der Waals surface area (Å²) in [5.74, 6) is 1.74. The van der Waals surface area contributed by atoms with Crippen molar-refractivity contribution < 1.29 is 14.3 Å². The fourth-order valence-electron chi connectivity index (χ4n) is 3.46. The molecule has 1 fully saturated rings. The van der Waals surface area contributed by atoms with Gasteiger partial charge in [-0.15, -0.1) is 0 Å². The van der Waals surface area contributed by atoms with Gasteiger partial charge in [0.2, 0.25) is 12.7 Å². The van der Waals surface area contributed by atoms with Crippen molar-refractivity contribution in [2.45, 2.75) is 26.4 Å². The van der Waals surface area contributed by atoms with Gasteiger partial charge in [-0.3, -0.25) is 14.4 Å². The molecule has 144 valence electrons. The summed E-state index contributed by atoms with van der Waals surface area (Å²) in [6, 6.07) is 5.78. The van der Waals surface area contributed by atoms with Crippen LogP contribution < -0.4 is 9.47 Å². The molecule has 2 aliphatic rings. The minimum Gasteiger partial charge on any atom is -0.454 e. The van der Waals surface area contributed by atoms with Gasteiger partial charge < -0.3 is 14.4 Å². The summed E-state index contributed by atoms with van der Waals surface area (Å²) in [4.78, 5) is 17.1. The number of rotatable bonds is 4. The fourth-order valence-corrected chi connectivity index (χ4v) is 3.75. The first-order valence-corrected chi connectivity index (χ1v) is 9.91. The first-order chi connectivity index (χ1) is 13.0. The van der Waals surface area contributed by atoms with Crippen LogP contribution in [-0.2, 0) is 11.3 Å². The summed E-state index contributed by atoms with van der Waals surface area (Å²) in [5.41, 5.74) is 2.09. The second kappa shape index (κ2) is 7.52. The Morgan fingerprint density at radius 3 is 2.67 bits per heavy atom. The van der Waals surface area contributed by atoms with Crippen LogP contribution >= 0.6 is 15.9 Å². The largest absolute Gasteiger partial charge is 0.454 e. The molecule has 0 spiro atoms. The van der Waals surface area contributed by atoms with Gasteiger partial charge in [0.25, 0.3) is 0 Å². The summed E-state index contributed by atoms with van der Waals surface area (Å²) in [6.45, 7) is 8.14. The lowest BCUT2D eigenvalue weighted by Gasteiger charge is -2.36. The van der Waals surface area contributed by atoms with Crippen molar-refractivity contribution in [1.29, 1.82) is 0 Å². The number of hydrogen-bond donors (Lipinski definition) is 0. The molecule has 4 rings (SSSR count). The van der Waals surface area contributed by atoms with E-state index in [1.54, 1.807) is 4.68 Å². The van der Waals surface area contributed by atoms with Crippen LogP contribution in [0.1, 0.15) is 24.2 Å². The Bertz CT molecular complexity index is 826. The number of aryl methyl sites for hydroxylation is 1. The molecular formula is C19H23BrN4O3. The van der Waals surface area contributed by atoms with E-state index in [9.17, 15) is 4.79 Å². The fraction of sp³-hybridized carbons (Fsp3) is 0.474. The van der Waals surface area contributed by atoms with E-state index < -0.39 is 0 Å². The van der Waals surface area contributed by atoms with Crippen molar-refractivity contribution in [1.82, 2.24) is 19.6 Å². The third kappa shape index (κ3) is 3.82. The Morgan fingerprint density at radius 1 is 1.22 bits per heavy atom. The molecular weight excluding hydrogens is 412 g/mol. The number of aromatic nitrogens is 2. The number of ether oxygens (including phenoxy) is 2. The van der Waals surface area contributed by atoms with Gasteiger partial charge in [-0.05, 0) is 47.5 Å². The zero-order valence-corrected chi connectivity index (χ0v) is 17.1. The number of amides is 1. The molecule has 1 aromatic carbocycles. The molecule has 0 bridgehead atoms. The Balaban J connectivity index is 1.32. The number of carbonyl (C=O) groups excluding carboxylic acids is 1. The molecule has 1 saturated heterocycles. The van der Waals surface area contributed by atoms with Crippen LogP contribution in [0.15, 0.2) is 28.9 Å². The van der Waals surface area contributed by atoms with Crippen LogP contribution in [-0.4, -0.2) is 58.5 Å². The number of hydrogen-bond acceptors (Lipinski definition) is 5. The lowest BCUT2D eigenvalue weighted by Crippen LogP contribution is -2.49. The highest BCUT2D eigenvalue weighted by Gasteiger charge is 2.27. The Kier molecular flexibility index (Phi) is 5.10. The summed E-state index contributed by atoms with van der Waals surface area (Å²) in [7, 11) is 0. The predicted octanol–water partition coefficient (Wildman–Crippen LogP) is 2.59. The highest BCUT2D eigenvalue weighted by molar-refractivity contribution is 9.10. The molecule has 8 heteroatoms. The van der Waals surface area contributed by atoms with E-state index in [4.69, 9.17) is 9.47 Å². The van der Waals surface area contributed by atoms with Gasteiger partial charge in [0.1, 0.15) is 6.04 Å². The molecule has 0 radical (unpaired) electrons. The number of piperazine rings is 1. The van der Waals surface area contributed by atoms with Crippen LogP contribution in [0.5, 0.6) is 11.5 Å². The summed E-state index contributed by atoms with van der Waals surface area (Å²) in [5, 5.41) is 4.42. The molecule has 2 aromatic rings. The van der Waals surface area contributed by atoms with E-state index in [1.165, 1.54) is 5.56 Å². The molecule has 3 heterocycles. The molecule has 7 nitrogen and oxygen atoms in total. The second-order valence-electron chi connectivity index (χ2n) is 7.01. The highest BCUT2D eigenvalue weighted by Crippen LogP contribution is 2.32. The Labute approximate surface area is 167 Å². The molecule has 1 aromatic heterocycles. The zero-order valence-electron chi connectivity index (χ0n) is 15.5. The van der Waals surface area contributed by atoms with Gasteiger partial charge in [-0.2, -0.15) is 5.10 Å². The predicted molar refractivity (Wildman–Crippen MR) is 104 cm³/mol. The maximum absolute atomic E-state index is 12.8. The summed E-state index contributed by atoms with van der Waals surface area (Å²) < 4.78 is 13.5. The van der Waals surface area contributed by atoms with E-state index >= 15 is 0 Å². The number of halogens is 1. The first-order valence-electron chi connectivity index (χ1n) is 9.12. The van der Waals surface area contributed by atoms with Gasteiger partial charge in [0, 0.05) is 38.9 Å². The lowest BCUT2D eigenvalue weighted by atomic mass is 10.1. The molecule has 0 aliphatic carbocycles. The van der Waals surface area contributed by atoms with E-state index in [2.05, 4.69) is 32.0 Å². The molecule has 1 atom stereocenters. The topological polar surface area (TPSA) is 59.8 Å². The molecule has 1 unspecified atom stereocenters. The van der Waals surface area contributed by atoms with E-state index in [1.807, 2.05) is 37.1 Å². The summed E-state index contributed by atoms with van der Waals surface area (Å²) in [6.07, 6.45) is 1.87. The van der Waals surface area contributed by atoms with Gasteiger partial charge in [0.05, 0.1) is 10.2 Å². The van der Waals surface area contributed by atoms with Crippen LogP contribution in [0, 0.1) is 6.92 Å². The number of fused-ring (bicyclic) bond motifs is 1. The SMILES string of the molecule is Cc1nn(C(C)C(=O)N2CCN(Cc3ccc4c(c3)OCO4)CC2)cc1Br. The molecule has 1 amide bonds. The van der Waals surface area contributed by atoms with Crippen molar-refractivity contribution in [3.63, 3.8) is 0 Å². The van der Waals surface area contributed by atoms with Gasteiger partial charge in [0.15, 0.2) is 11.5 Å². The van der Waals surface area contributed by atoms with Crippen molar-refractivity contribution in [2.24, 2.45) is 0 Å². The van der Waals surface area contributed by atoms with Crippen molar-refractivity contribution in [3.8, 4) is 11.5 Å². The number of nitrogens with zero attached hydrogens (tertiary/aromatic N) is 4. The Hall–Kier alpha value is -2.06. The van der Waals surface area contributed by atoms with Gasteiger partial charge >= 0.3 is 0 Å². The van der Waals surface area contributed by atoms with Crippen LogP contribution in [0.3, 0.4) is 0 Å². The van der Waals surface area contributed by atoms with E-state index in [-0.39, 0.29) is 11.9 Å². The van der Waals surface area contributed by atoms with Crippen LogP contribution in [0.4, 0.5) is 0 Å². The summed E-state index contributed by atoms with van der Waals surface area (Å²) >= 11 is 3.46. The standard InChI is InChI=1S/C19H23BrN4O3/c1-13-16(20)11-24(21-13)14(2)19(25)23-7-5-22(6-8-23)10-15-3-4-17-18(9-15)27-12-26-17/h3-4,9,11,14H,5-8,10,12H2,1-2H3. The van der Waals surface area contributed by atoms with Crippen molar-refractivity contribution in [3.05, 3.63) is 40.1 Å². The maximum Gasteiger partial charge on any atom is 0.247 e. The maximum atomic E-state index is 12.8. The molecule has 2 aliphatic heterocycles. The van der Waals surface area contributed by atoms with Crippen molar-refractivity contribution >= 4 is 21.8 Å².